The lowest BCUT2D eigenvalue weighted by Crippen LogP contribution is -2.48. The van der Waals surface area contributed by atoms with Crippen LogP contribution in [0.1, 0.15) is 43.4 Å². The second kappa shape index (κ2) is 7.94. The first-order valence-electron chi connectivity index (χ1n) is 10.5. The SMILES string of the molecule is CC(C)N(Cc1ccccc1)C(=O)CN1C(=O)N[C@@]2(CCCc3ccccc32)C1=O. The van der Waals surface area contributed by atoms with Crippen molar-refractivity contribution in [1.29, 1.82) is 0 Å². The molecule has 6 heteroatoms. The van der Waals surface area contributed by atoms with E-state index in [4.69, 9.17) is 0 Å². The molecule has 0 bridgehead atoms. The van der Waals surface area contributed by atoms with Crippen LogP contribution >= 0.6 is 0 Å². The molecule has 1 N–H and O–H groups in total. The minimum absolute atomic E-state index is 0.0529. The molecule has 2 aromatic rings. The fourth-order valence-corrected chi connectivity index (χ4v) is 4.52. The van der Waals surface area contributed by atoms with Gasteiger partial charge in [-0.15, -0.1) is 0 Å². The molecule has 0 saturated carbocycles. The lowest BCUT2D eigenvalue weighted by Gasteiger charge is -2.33. The minimum Gasteiger partial charge on any atom is -0.334 e. The standard InChI is InChI=1S/C24H27N3O3/c1-17(2)26(15-18-9-4-3-5-10-18)21(28)16-27-22(29)24(25-23(27)30)14-8-12-19-11-6-7-13-20(19)24/h3-7,9-11,13,17H,8,12,14-16H2,1-2H3,(H,25,30)/t24-/m1/s1. The van der Waals surface area contributed by atoms with Gasteiger partial charge in [0.15, 0.2) is 0 Å². The summed E-state index contributed by atoms with van der Waals surface area (Å²) in [5.74, 6) is -0.560. The van der Waals surface area contributed by atoms with Crippen LogP contribution in [0.3, 0.4) is 0 Å². The van der Waals surface area contributed by atoms with Crippen LogP contribution in [0, 0.1) is 0 Å². The largest absolute Gasteiger partial charge is 0.334 e. The Kier molecular flexibility index (Phi) is 5.33. The quantitative estimate of drug-likeness (QED) is 0.777. The highest BCUT2D eigenvalue weighted by Gasteiger charge is 2.54. The van der Waals surface area contributed by atoms with Crippen molar-refractivity contribution < 1.29 is 14.4 Å². The Morgan fingerprint density at radius 3 is 2.53 bits per heavy atom. The maximum Gasteiger partial charge on any atom is 0.325 e. The summed E-state index contributed by atoms with van der Waals surface area (Å²) in [6.07, 6.45) is 2.26. The van der Waals surface area contributed by atoms with Crippen LogP contribution < -0.4 is 5.32 Å². The van der Waals surface area contributed by atoms with E-state index in [2.05, 4.69) is 5.32 Å². The number of carbonyl (C=O) groups is 3. The van der Waals surface area contributed by atoms with Gasteiger partial charge in [0.1, 0.15) is 12.1 Å². The van der Waals surface area contributed by atoms with Crippen LogP contribution in [0.15, 0.2) is 54.6 Å². The highest BCUT2D eigenvalue weighted by Crippen LogP contribution is 2.39. The third-order valence-corrected chi connectivity index (χ3v) is 6.08. The van der Waals surface area contributed by atoms with Gasteiger partial charge in [-0.2, -0.15) is 0 Å². The number of rotatable bonds is 5. The molecule has 1 aliphatic carbocycles. The molecule has 1 atom stereocenters. The number of carbonyl (C=O) groups excluding carboxylic acids is 3. The van der Waals surface area contributed by atoms with E-state index in [1.54, 1.807) is 4.90 Å². The van der Waals surface area contributed by atoms with Gasteiger partial charge in [0, 0.05) is 12.6 Å². The van der Waals surface area contributed by atoms with Crippen molar-refractivity contribution in [3.05, 3.63) is 71.3 Å². The molecule has 0 aromatic heterocycles. The number of fused-ring (bicyclic) bond motifs is 2. The van der Waals surface area contributed by atoms with Crippen molar-refractivity contribution in [3.8, 4) is 0 Å². The molecule has 0 radical (unpaired) electrons. The fraction of sp³-hybridized carbons (Fsp3) is 0.375. The summed E-state index contributed by atoms with van der Waals surface area (Å²) >= 11 is 0. The molecule has 4 amide bonds. The first-order valence-corrected chi connectivity index (χ1v) is 10.5. The van der Waals surface area contributed by atoms with Crippen molar-refractivity contribution in [2.75, 3.05) is 6.54 Å². The summed E-state index contributed by atoms with van der Waals surface area (Å²) in [6.45, 7) is 4.06. The number of nitrogens with one attached hydrogen (secondary N) is 1. The lowest BCUT2D eigenvalue weighted by atomic mass is 9.76. The average molecular weight is 405 g/mol. The monoisotopic (exact) mass is 405 g/mol. The van der Waals surface area contributed by atoms with E-state index in [1.165, 1.54) is 0 Å². The van der Waals surface area contributed by atoms with Gasteiger partial charge in [-0.25, -0.2) is 4.79 Å². The highest BCUT2D eigenvalue weighted by molar-refractivity contribution is 6.09. The molecule has 4 rings (SSSR count). The zero-order valence-corrected chi connectivity index (χ0v) is 17.4. The van der Waals surface area contributed by atoms with E-state index in [0.717, 1.165) is 34.4 Å². The summed E-state index contributed by atoms with van der Waals surface area (Å²) < 4.78 is 0. The van der Waals surface area contributed by atoms with Gasteiger partial charge >= 0.3 is 6.03 Å². The van der Waals surface area contributed by atoms with Gasteiger partial charge < -0.3 is 10.2 Å². The number of urea groups is 1. The van der Waals surface area contributed by atoms with Gasteiger partial charge in [0.25, 0.3) is 5.91 Å². The molecule has 2 aromatic carbocycles. The Bertz CT molecular complexity index is 973. The number of nitrogens with zero attached hydrogens (tertiary/aromatic N) is 2. The fourth-order valence-electron chi connectivity index (χ4n) is 4.52. The van der Waals surface area contributed by atoms with Gasteiger partial charge in [-0.05, 0) is 49.8 Å². The van der Waals surface area contributed by atoms with E-state index in [0.29, 0.717) is 13.0 Å². The number of aryl methyl sites for hydroxylation is 1. The van der Waals surface area contributed by atoms with E-state index < -0.39 is 11.6 Å². The average Bonchev–Trinajstić information content (AvgIpc) is 2.97. The van der Waals surface area contributed by atoms with Crippen molar-refractivity contribution in [3.63, 3.8) is 0 Å². The Balaban J connectivity index is 1.56. The van der Waals surface area contributed by atoms with Crippen LogP contribution in [-0.2, 0) is 28.1 Å². The van der Waals surface area contributed by atoms with Crippen molar-refractivity contribution >= 4 is 17.8 Å². The smallest absolute Gasteiger partial charge is 0.325 e. The third kappa shape index (κ3) is 3.47. The summed E-state index contributed by atoms with van der Waals surface area (Å²) in [4.78, 5) is 42.1. The molecule has 1 aliphatic heterocycles. The molecular weight excluding hydrogens is 378 g/mol. The number of amides is 4. The molecule has 156 valence electrons. The lowest BCUT2D eigenvalue weighted by molar-refractivity contribution is -0.140. The van der Waals surface area contributed by atoms with Crippen LogP contribution in [0.4, 0.5) is 4.79 Å². The molecule has 0 unspecified atom stereocenters. The number of hydrogen-bond donors (Lipinski definition) is 1. The summed E-state index contributed by atoms with van der Waals surface area (Å²) in [5, 5.41) is 2.92. The van der Waals surface area contributed by atoms with E-state index in [9.17, 15) is 14.4 Å². The summed E-state index contributed by atoms with van der Waals surface area (Å²) in [7, 11) is 0. The normalized spacial score (nSPS) is 20.4. The Labute approximate surface area is 176 Å². The first-order chi connectivity index (χ1) is 14.4. The predicted molar refractivity (Wildman–Crippen MR) is 113 cm³/mol. The number of hydrogen-bond acceptors (Lipinski definition) is 3. The van der Waals surface area contributed by atoms with E-state index in [-0.39, 0.29) is 24.4 Å². The zero-order chi connectivity index (χ0) is 21.3. The maximum atomic E-state index is 13.4. The van der Waals surface area contributed by atoms with Crippen LogP contribution in [0.2, 0.25) is 0 Å². The summed E-state index contributed by atoms with van der Waals surface area (Å²) in [6, 6.07) is 16.9. The van der Waals surface area contributed by atoms with E-state index in [1.807, 2.05) is 68.4 Å². The maximum absolute atomic E-state index is 13.4. The van der Waals surface area contributed by atoms with Gasteiger partial charge in [0.2, 0.25) is 5.91 Å². The molecule has 30 heavy (non-hydrogen) atoms. The number of benzene rings is 2. The predicted octanol–water partition coefficient (Wildman–Crippen LogP) is 3.21. The summed E-state index contributed by atoms with van der Waals surface area (Å²) in [5.41, 5.74) is 1.90. The number of imide groups is 1. The molecule has 1 saturated heterocycles. The molecular formula is C24H27N3O3. The van der Waals surface area contributed by atoms with Crippen molar-refractivity contribution in [2.45, 2.75) is 51.2 Å². The second-order valence-corrected chi connectivity index (χ2v) is 8.34. The topological polar surface area (TPSA) is 69.7 Å². The van der Waals surface area contributed by atoms with Crippen molar-refractivity contribution in [1.82, 2.24) is 15.1 Å². The van der Waals surface area contributed by atoms with Crippen LogP contribution in [0.25, 0.3) is 0 Å². The molecule has 1 spiro atoms. The van der Waals surface area contributed by atoms with Crippen LogP contribution in [-0.4, -0.2) is 40.2 Å². The molecule has 2 aliphatic rings. The zero-order valence-electron chi connectivity index (χ0n) is 17.4. The molecule has 6 nitrogen and oxygen atoms in total. The Hall–Kier alpha value is -3.15. The van der Waals surface area contributed by atoms with Crippen LogP contribution in [0.5, 0.6) is 0 Å². The Morgan fingerprint density at radius 2 is 1.80 bits per heavy atom. The second-order valence-electron chi connectivity index (χ2n) is 8.34. The molecule has 1 heterocycles. The first kappa shape index (κ1) is 20.1. The van der Waals surface area contributed by atoms with Crippen molar-refractivity contribution in [2.24, 2.45) is 0 Å². The van der Waals surface area contributed by atoms with E-state index >= 15 is 0 Å². The highest BCUT2D eigenvalue weighted by atomic mass is 16.2. The van der Waals surface area contributed by atoms with Gasteiger partial charge in [-0.3, -0.25) is 14.5 Å². The third-order valence-electron chi connectivity index (χ3n) is 6.08. The van der Waals surface area contributed by atoms with Gasteiger partial charge in [-0.1, -0.05) is 54.6 Å². The molecule has 1 fully saturated rings. The Morgan fingerprint density at radius 1 is 1.10 bits per heavy atom. The van der Waals surface area contributed by atoms with Gasteiger partial charge in [0.05, 0.1) is 0 Å². The minimum atomic E-state index is -1.05.